The van der Waals surface area contributed by atoms with Crippen LogP contribution in [-0.2, 0) is 4.79 Å². The number of ether oxygens (including phenoxy) is 1. The Morgan fingerprint density at radius 1 is 1.24 bits per heavy atom. The predicted molar refractivity (Wildman–Crippen MR) is 93.5 cm³/mol. The van der Waals surface area contributed by atoms with Crippen molar-refractivity contribution >= 4 is 23.2 Å². The van der Waals surface area contributed by atoms with E-state index in [-0.39, 0.29) is 18.4 Å². The van der Waals surface area contributed by atoms with Crippen LogP contribution in [0.1, 0.15) is 24.2 Å². The summed E-state index contributed by atoms with van der Waals surface area (Å²) in [5.41, 5.74) is 1.60. The fourth-order valence-corrected chi connectivity index (χ4v) is 2.65. The number of nitrogens with one attached hydrogen (secondary N) is 1. The summed E-state index contributed by atoms with van der Waals surface area (Å²) in [4.78, 5) is 26.0. The Balaban J connectivity index is 1.80. The van der Waals surface area contributed by atoms with Gasteiger partial charge in [0.25, 0.3) is 11.8 Å². The molecule has 0 saturated heterocycles. The number of rotatable bonds is 4. The van der Waals surface area contributed by atoms with Crippen molar-refractivity contribution in [2.45, 2.75) is 13.8 Å². The Labute approximate surface area is 145 Å². The van der Waals surface area contributed by atoms with Crippen LogP contribution in [0.4, 0.5) is 15.8 Å². The molecule has 25 heavy (non-hydrogen) atoms. The van der Waals surface area contributed by atoms with Crippen molar-refractivity contribution in [2.75, 3.05) is 23.4 Å². The van der Waals surface area contributed by atoms with E-state index in [1.807, 2.05) is 13.8 Å². The second-order valence-corrected chi connectivity index (χ2v) is 6.33. The number of carbonyl (C=O) groups excluding carboxylic acids is 2. The number of benzene rings is 2. The van der Waals surface area contributed by atoms with Crippen LogP contribution in [0.2, 0.25) is 0 Å². The number of amides is 2. The van der Waals surface area contributed by atoms with Crippen LogP contribution >= 0.6 is 0 Å². The third-order valence-electron chi connectivity index (χ3n) is 3.81. The number of anilines is 2. The second kappa shape index (κ2) is 6.93. The zero-order chi connectivity index (χ0) is 18.0. The maximum Gasteiger partial charge on any atom is 0.265 e. The molecule has 0 bridgehead atoms. The molecule has 0 saturated carbocycles. The molecule has 1 N–H and O–H groups in total. The van der Waals surface area contributed by atoms with Gasteiger partial charge >= 0.3 is 0 Å². The van der Waals surface area contributed by atoms with Gasteiger partial charge in [0.2, 0.25) is 0 Å². The molecule has 0 atom stereocenters. The fraction of sp³-hybridized carbons (Fsp3) is 0.263. The standard InChI is InChI=1S/C19H19FN2O3/c1-12(2)10-22-16-8-7-15(9-17(16)25-11-18(22)23)21-19(24)13-3-5-14(20)6-4-13/h3-9,12H,10-11H2,1-2H3,(H,21,24). The van der Waals surface area contributed by atoms with Crippen molar-refractivity contribution < 1.29 is 18.7 Å². The van der Waals surface area contributed by atoms with E-state index in [0.717, 1.165) is 0 Å². The van der Waals surface area contributed by atoms with E-state index in [1.165, 1.54) is 24.3 Å². The molecule has 0 radical (unpaired) electrons. The monoisotopic (exact) mass is 342 g/mol. The number of nitrogens with zero attached hydrogens (tertiary/aromatic N) is 1. The maximum absolute atomic E-state index is 12.9. The van der Waals surface area contributed by atoms with Crippen LogP contribution in [0.5, 0.6) is 5.75 Å². The molecule has 130 valence electrons. The first-order chi connectivity index (χ1) is 11.9. The van der Waals surface area contributed by atoms with E-state index in [1.54, 1.807) is 23.1 Å². The Hall–Kier alpha value is -2.89. The second-order valence-electron chi connectivity index (χ2n) is 6.33. The SMILES string of the molecule is CC(C)CN1C(=O)COc2cc(NC(=O)c3ccc(F)cc3)ccc21. The summed E-state index contributed by atoms with van der Waals surface area (Å²) in [5.74, 6) is 0.0636. The summed E-state index contributed by atoms with van der Waals surface area (Å²) in [5, 5.41) is 2.75. The van der Waals surface area contributed by atoms with E-state index < -0.39 is 5.82 Å². The minimum Gasteiger partial charge on any atom is -0.481 e. The number of fused-ring (bicyclic) bond motifs is 1. The molecule has 3 rings (SSSR count). The fourth-order valence-electron chi connectivity index (χ4n) is 2.65. The quantitative estimate of drug-likeness (QED) is 0.926. The van der Waals surface area contributed by atoms with Gasteiger partial charge in [-0.3, -0.25) is 9.59 Å². The number of halogens is 1. The van der Waals surface area contributed by atoms with Crippen LogP contribution in [0, 0.1) is 11.7 Å². The molecular formula is C19H19FN2O3. The van der Waals surface area contributed by atoms with Crippen molar-refractivity contribution in [3.05, 3.63) is 53.8 Å². The van der Waals surface area contributed by atoms with Crippen LogP contribution in [0.25, 0.3) is 0 Å². The summed E-state index contributed by atoms with van der Waals surface area (Å²) >= 11 is 0. The molecule has 2 aromatic carbocycles. The topological polar surface area (TPSA) is 58.6 Å². The normalized spacial score (nSPS) is 13.4. The molecule has 5 nitrogen and oxygen atoms in total. The number of hydrogen-bond donors (Lipinski definition) is 1. The molecule has 2 amide bonds. The molecule has 1 heterocycles. The highest BCUT2D eigenvalue weighted by atomic mass is 19.1. The average Bonchev–Trinajstić information content (AvgIpc) is 2.57. The Kier molecular flexibility index (Phi) is 4.70. The van der Waals surface area contributed by atoms with Gasteiger partial charge in [-0.15, -0.1) is 0 Å². The molecule has 0 fully saturated rings. The highest BCUT2D eigenvalue weighted by Gasteiger charge is 2.26. The molecule has 1 aliphatic heterocycles. The summed E-state index contributed by atoms with van der Waals surface area (Å²) in [6.45, 7) is 4.67. The average molecular weight is 342 g/mol. The molecular weight excluding hydrogens is 323 g/mol. The smallest absolute Gasteiger partial charge is 0.265 e. The third kappa shape index (κ3) is 3.79. The van der Waals surface area contributed by atoms with Crippen molar-refractivity contribution in [1.29, 1.82) is 0 Å². The molecule has 1 aliphatic rings. The number of carbonyl (C=O) groups is 2. The van der Waals surface area contributed by atoms with Gasteiger partial charge in [-0.2, -0.15) is 0 Å². The van der Waals surface area contributed by atoms with Gasteiger partial charge in [0.1, 0.15) is 11.6 Å². The van der Waals surface area contributed by atoms with Gasteiger partial charge in [-0.05, 0) is 42.3 Å². The summed E-state index contributed by atoms with van der Waals surface area (Å²) in [6, 6.07) is 10.5. The van der Waals surface area contributed by atoms with Crippen LogP contribution in [0.3, 0.4) is 0 Å². The maximum atomic E-state index is 12.9. The summed E-state index contributed by atoms with van der Waals surface area (Å²) in [6.07, 6.45) is 0. The first kappa shape index (κ1) is 17.0. The molecule has 0 aliphatic carbocycles. The van der Waals surface area contributed by atoms with E-state index in [4.69, 9.17) is 4.74 Å². The Morgan fingerprint density at radius 3 is 2.64 bits per heavy atom. The Bertz CT molecular complexity index is 803. The first-order valence-electron chi connectivity index (χ1n) is 8.08. The highest BCUT2D eigenvalue weighted by molar-refractivity contribution is 6.05. The van der Waals surface area contributed by atoms with Crippen molar-refractivity contribution in [3.63, 3.8) is 0 Å². The van der Waals surface area contributed by atoms with Gasteiger partial charge in [-0.1, -0.05) is 13.8 Å². The first-order valence-corrected chi connectivity index (χ1v) is 8.08. The van der Waals surface area contributed by atoms with Gasteiger partial charge < -0.3 is 15.0 Å². The van der Waals surface area contributed by atoms with Crippen molar-refractivity contribution in [3.8, 4) is 5.75 Å². The van der Waals surface area contributed by atoms with E-state index >= 15 is 0 Å². The molecule has 0 spiro atoms. The summed E-state index contributed by atoms with van der Waals surface area (Å²) < 4.78 is 18.4. The minimum atomic E-state index is -0.395. The predicted octanol–water partition coefficient (Wildman–Crippen LogP) is 3.46. The van der Waals surface area contributed by atoms with Crippen LogP contribution < -0.4 is 15.0 Å². The molecule has 0 unspecified atom stereocenters. The Morgan fingerprint density at radius 2 is 1.96 bits per heavy atom. The molecule has 0 aromatic heterocycles. The minimum absolute atomic E-state index is 0.0188. The van der Waals surface area contributed by atoms with E-state index in [9.17, 15) is 14.0 Å². The van der Waals surface area contributed by atoms with Crippen LogP contribution in [0.15, 0.2) is 42.5 Å². The largest absolute Gasteiger partial charge is 0.481 e. The van der Waals surface area contributed by atoms with E-state index in [2.05, 4.69) is 5.32 Å². The lowest BCUT2D eigenvalue weighted by molar-refractivity contribution is -0.121. The molecule has 2 aromatic rings. The number of hydrogen-bond acceptors (Lipinski definition) is 3. The highest BCUT2D eigenvalue weighted by Crippen LogP contribution is 2.35. The lowest BCUT2D eigenvalue weighted by Gasteiger charge is -2.31. The third-order valence-corrected chi connectivity index (χ3v) is 3.81. The van der Waals surface area contributed by atoms with Gasteiger partial charge in [-0.25, -0.2) is 4.39 Å². The van der Waals surface area contributed by atoms with Crippen molar-refractivity contribution in [1.82, 2.24) is 0 Å². The summed E-state index contributed by atoms with van der Waals surface area (Å²) in [7, 11) is 0. The van der Waals surface area contributed by atoms with E-state index in [0.29, 0.717) is 35.2 Å². The van der Waals surface area contributed by atoms with Crippen LogP contribution in [-0.4, -0.2) is 25.0 Å². The van der Waals surface area contributed by atoms with Crippen molar-refractivity contribution in [2.24, 2.45) is 5.92 Å². The van der Waals surface area contributed by atoms with Gasteiger partial charge in [0, 0.05) is 23.9 Å². The lowest BCUT2D eigenvalue weighted by Crippen LogP contribution is -2.40. The molecule has 6 heteroatoms. The zero-order valence-electron chi connectivity index (χ0n) is 14.1. The zero-order valence-corrected chi connectivity index (χ0v) is 14.1. The van der Waals surface area contributed by atoms with Gasteiger partial charge in [0.05, 0.1) is 5.69 Å². The lowest BCUT2D eigenvalue weighted by atomic mass is 10.1. The van der Waals surface area contributed by atoms with Gasteiger partial charge in [0.15, 0.2) is 6.61 Å².